The van der Waals surface area contributed by atoms with Crippen molar-refractivity contribution in [3.05, 3.63) is 53.7 Å². The second-order valence-electron chi connectivity index (χ2n) is 9.88. The van der Waals surface area contributed by atoms with Crippen LogP contribution in [0.3, 0.4) is 0 Å². The quantitative estimate of drug-likeness (QED) is 0.354. The normalized spacial score (nSPS) is 15.2. The third-order valence-electron chi connectivity index (χ3n) is 5.96. The Morgan fingerprint density at radius 1 is 1.00 bits per heavy atom. The van der Waals surface area contributed by atoms with Gasteiger partial charge >= 0.3 is 0 Å². The first-order valence-corrected chi connectivity index (χ1v) is 13.6. The van der Waals surface area contributed by atoms with Crippen LogP contribution in [0.5, 0.6) is 5.75 Å². The summed E-state index contributed by atoms with van der Waals surface area (Å²) in [5, 5.41) is 6.86. The van der Waals surface area contributed by atoms with Crippen LogP contribution in [0.1, 0.15) is 20.8 Å². The summed E-state index contributed by atoms with van der Waals surface area (Å²) in [6.45, 7) is 9.80. The van der Waals surface area contributed by atoms with E-state index in [4.69, 9.17) is 16.3 Å². The molecule has 1 fully saturated rings. The minimum atomic E-state index is -1.20. The van der Waals surface area contributed by atoms with E-state index in [1.165, 1.54) is 0 Å². The van der Waals surface area contributed by atoms with Gasteiger partial charge in [-0.25, -0.2) is 9.19 Å². The van der Waals surface area contributed by atoms with E-state index in [1.54, 1.807) is 13.3 Å². The molecule has 4 rings (SSSR count). The van der Waals surface area contributed by atoms with Crippen LogP contribution in [0.4, 0.5) is 34.5 Å². The van der Waals surface area contributed by atoms with Crippen LogP contribution < -0.4 is 25.0 Å². The first kappa shape index (κ1) is 27.0. The van der Waals surface area contributed by atoms with E-state index in [0.717, 1.165) is 48.9 Å². The molecule has 37 heavy (non-hydrogen) atoms. The number of nitrogens with zero attached hydrogens (tertiary/aromatic N) is 4. The van der Waals surface area contributed by atoms with Crippen LogP contribution in [-0.2, 0) is 11.0 Å². The van der Waals surface area contributed by atoms with Crippen LogP contribution in [0.2, 0.25) is 5.02 Å². The van der Waals surface area contributed by atoms with Crippen molar-refractivity contribution in [3.63, 3.8) is 0 Å². The van der Waals surface area contributed by atoms with E-state index in [-0.39, 0.29) is 4.75 Å². The highest BCUT2D eigenvalue weighted by Crippen LogP contribution is 2.33. The summed E-state index contributed by atoms with van der Waals surface area (Å²) >= 11 is 6.37. The summed E-state index contributed by atoms with van der Waals surface area (Å²) in [6, 6.07) is 13.5. The van der Waals surface area contributed by atoms with Crippen LogP contribution >= 0.6 is 11.6 Å². The number of nitrogens with one attached hydrogen (secondary N) is 3. The van der Waals surface area contributed by atoms with Crippen LogP contribution in [-0.4, -0.2) is 64.2 Å². The van der Waals surface area contributed by atoms with Gasteiger partial charge in [0.25, 0.3) is 0 Å². The molecule has 11 heteroatoms. The molecule has 0 spiro atoms. The SMILES string of the molecule is COc1cc(N2CCN(C)CC2)ccc1Nc1ncc(Cl)c(Nc2ccc(NS(=O)C(C)(C)C)cc2)n1. The standard InChI is InChI=1S/C26H34ClN7O2S/c1-26(2,3)37(35)32-19-8-6-18(7-9-19)29-24-21(27)17-28-25(31-24)30-22-11-10-20(16-23(22)36-5)34-14-12-33(4)13-15-34/h6-11,16-17,32H,12-15H2,1-5H3,(H2,28,29,30,31). The number of ether oxygens (including phenoxy) is 1. The van der Waals surface area contributed by atoms with E-state index < -0.39 is 11.0 Å². The fourth-order valence-corrected chi connectivity index (χ4v) is 4.49. The molecule has 0 aliphatic carbocycles. The second-order valence-corrected chi connectivity index (χ2v) is 12.2. The number of hydrogen-bond acceptors (Lipinski definition) is 8. The smallest absolute Gasteiger partial charge is 0.229 e. The topological polar surface area (TPSA) is 94.6 Å². The third kappa shape index (κ3) is 7.03. The van der Waals surface area contributed by atoms with Gasteiger partial charge in [0, 0.05) is 49.3 Å². The number of benzene rings is 2. The van der Waals surface area contributed by atoms with Gasteiger partial charge in [0.15, 0.2) is 5.82 Å². The number of hydrogen-bond donors (Lipinski definition) is 3. The molecule has 1 aliphatic rings. The molecule has 2 heterocycles. The molecule has 1 aliphatic heterocycles. The van der Waals surface area contributed by atoms with Gasteiger partial charge < -0.3 is 29.9 Å². The number of methoxy groups -OCH3 is 1. The molecule has 0 saturated carbocycles. The van der Waals surface area contributed by atoms with E-state index >= 15 is 0 Å². The average molecular weight is 544 g/mol. The van der Waals surface area contributed by atoms with Crippen molar-refractivity contribution >= 4 is 57.1 Å². The number of halogens is 1. The predicted octanol–water partition coefficient (Wildman–Crippen LogP) is 5.25. The maximum atomic E-state index is 12.3. The van der Waals surface area contributed by atoms with Crippen LogP contribution in [0.15, 0.2) is 48.7 Å². The Labute approximate surface area is 226 Å². The largest absolute Gasteiger partial charge is 0.494 e. The summed E-state index contributed by atoms with van der Waals surface area (Å²) in [6.07, 6.45) is 1.55. The zero-order valence-electron chi connectivity index (χ0n) is 21.8. The summed E-state index contributed by atoms with van der Waals surface area (Å²) in [4.78, 5) is 13.6. The molecule has 9 nitrogen and oxygen atoms in total. The van der Waals surface area contributed by atoms with Crippen molar-refractivity contribution in [2.45, 2.75) is 25.5 Å². The van der Waals surface area contributed by atoms with Gasteiger partial charge in [-0.1, -0.05) is 11.6 Å². The number of piperazine rings is 1. The molecule has 198 valence electrons. The third-order valence-corrected chi connectivity index (χ3v) is 7.77. The molecule has 3 aromatic rings. The molecule has 0 bridgehead atoms. The molecule has 1 unspecified atom stereocenters. The lowest BCUT2D eigenvalue weighted by molar-refractivity contribution is 0.312. The fourth-order valence-electron chi connectivity index (χ4n) is 3.70. The van der Waals surface area contributed by atoms with Gasteiger partial charge in [0.1, 0.15) is 21.8 Å². The van der Waals surface area contributed by atoms with Gasteiger partial charge in [-0.2, -0.15) is 4.98 Å². The lowest BCUT2D eigenvalue weighted by Gasteiger charge is -2.34. The molecule has 2 aromatic carbocycles. The Morgan fingerprint density at radius 2 is 1.68 bits per heavy atom. The lowest BCUT2D eigenvalue weighted by Crippen LogP contribution is -2.44. The van der Waals surface area contributed by atoms with Gasteiger partial charge in [-0.05, 0) is 64.2 Å². The summed E-state index contributed by atoms with van der Waals surface area (Å²) in [7, 11) is 2.59. The van der Waals surface area contributed by atoms with Crippen molar-refractivity contribution in [1.82, 2.24) is 14.9 Å². The molecule has 1 atom stereocenters. The highest BCUT2D eigenvalue weighted by molar-refractivity contribution is 7.87. The average Bonchev–Trinajstić information content (AvgIpc) is 2.87. The van der Waals surface area contributed by atoms with Crippen molar-refractivity contribution < 1.29 is 8.95 Å². The number of anilines is 6. The van der Waals surface area contributed by atoms with Crippen LogP contribution in [0, 0.1) is 0 Å². The first-order chi connectivity index (χ1) is 17.6. The molecule has 1 saturated heterocycles. The summed E-state index contributed by atoms with van der Waals surface area (Å²) in [5.41, 5.74) is 3.44. The van der Waals surface area contributed by atoms with E-state index in [2.05, 4.69) is 48.2 Å². The fraction of sp³-hybridized carbons (Fsp3) is 0.385. The predicted molar refractivity (Wildman–Crippen MR) is 154 cm³/mol. The Bertz CT molecular complexity index is 1240. The minimum Gasteiger partial charge on any atom is -0.494 e. The monoisotopic (exact) mass is 543 g/mol. The van der Waals surface area contributed by atoms with Crippen molar-refractivity contribution in [1.29, 1.82) is 0 Å². The zero-order valence-corrected chi connectivity index (χ0v) is 23.4. The second kappa shape index (κ2) is 11.5. The van der Waals surface area contributed by atoms with Crippen molar-refractivity contribution in [2.24, 2.45) is 0 Å². The minimum absolute atomic E-state index is 0.359. The highest BCUT2D eigenvalue weighted by Gasteiger charge is 2.20. The van der Waals surface area contributed by atoms with Gasteiger partial charge in [0.05, 0.1) is 23.7 Å². The van der Waals surface area contributed by atoms with Gasteiger partial charge in [-0.15, -0.1) is 0 Å². The van der Waals surface area contributed by atoms with Gasteiger partial charge in [-0.3, -0.25) is 0 Å². The lowest BCUT2D eigenvalue weighted by atomic mass is 10.2. The van der Waals surface area contributed by atoms with Crippen molar-refractivity contribution in [3.8, 4) is 5.75 Å². The van der Waals surface area contributed by atoms with Gasteiger partial charge in [0.2, 0.25) is 5.95 Å². The highest BCUT2D eigenvalue weighted by atomic mass is 35.5. The Kier molecular flexibility index (Phi) is 8.41. The Balaban J connectivity index is 1.46. The van der Waals surface area contributed by atoms with Crippen molar-refractivity contribution in [2.75, 3.05) is 60.6 Å². The molecule has 0 radical (unpaired) electrons. The summed E-state index contributed by atoms with van der Waals surface area (Å²) in [5.74, 6) is 1.56. The number of aromatic nitrogens is 2. The molecular weight excluding hydrogens is 510 g/mol. The molecule has 1 aromatic heterocycles. The number of rotatable bonds is 8. The first-order valence-electron chi connectivity index (χ1n) is 12.1. The summed E-state index contributed by atoms with van der Waals surface area (Å²) < 4.78 is 20.6. The van der Waals surface area contributed by atoms with Crippen LogP contribution in [0.25, 0.3) is 0 Å². The van der Waals surface area contributed by atoms with E-state index in [1.807, 2.05) is 57.2 Å². The molecule has 3 N–H and O–H groups in total. The zero-order chi connectivity index (χ0) is 26.6. The Hall–Kier alpha value is -3.08. The Morgan fingerprint density at radius 3 is 2.32 bits per heavy atom. The maximum Gasteiger partial charge on any atom is 0.229 e. The maximum absolute atomic E-state index is 12.3. The molecular formula is C26H34ClN7O2S. The van der Waals surface area contributed by atoms with E-state index in [0.29, 0.717) is 22.5 Å². The molecule has 0 amide bonds. The van der Waals surface area contributed by atoms with E-state index in [9.17, 15) is 4.21 Å². The number of likely N-dealkylation sites (N-methyl/N-ethyl adjacent to an activating group) is 1.